The lowest BCUT2D eigenvalue weighted by Gasteiger charge is -2.25. The molecular formula is C28H25ClN2O5. The van der Waals surface area contributed by atoms with Gasteiger partial charge in [0, 0.05) is 6.20 Å². The molecule has 8 heteroatoms. The zero-order valence-corrected chi connectivity index (χ0v) is 21.1. The SMILES string of the molecule is COc1cc(C2c3c(oc4ccc(C)cc4c3=O)C(=O)N2c2ccc(Cl)cn2)ccc1OCC(C)C. The molecule has 0 spiro atoms. The molecule has 1 atom stereocenters. The molecule has 0 aliphatic carbocycles. The number of aryl methyl sites for hydroxylation is 1. The van der Waals surface area contributed by atoms with E-state index in [9.17, 15) is 9.59 Å². The first-order valence-electron chi connectivity index (χ1n) is 11.6. The summed E-state index contributed by atoms with van der Waals surface area (Å²) >= 11 is 6.05. The summed E-state index contributed by atoms with van der Waals surface area (Å²) in [6, 6.07) is 13.2. The number of carbonyl (C=O) groups is 1. The summed E-state index contributed by atoms with van der Waals surface area (Å²) in [5.74, 6) is 1.30. The molecular weight excluding hydrogens is 480 g/mol. The van der Waals surface area contributed by atoms with Crippen molar-refractivity contribution in [3.05, 3.63) is 92.4 Å². The number of hydrogen-bond donors (Lipinski definition) is 0. The minimum absolute atomic E-state index is 0.00259. The summed E-state index contributed by atoms with van der Waals surface area (Å²) in [4.78, 5) is 33.3. The molecule has 0 saturated carbocycles. The van der Waals surface area contributed by atoms with Crippen LogP contribution in [0.2, 0.25) is 5.02 Å². The number of anilines is 1. The number of amides is 1. The average molecular weight is 505 g/mol. The van der Waals surface area contributed by atoms with Crippen LogP contribution in [-0.2, 0) is 0 Å². The molecule has 2 aromatic carbocycles. The molecule has 0 fully saturated rings. The number of halogens is 1. The maximum Gasteiger partial charge on any atom is 0.296 e. The summed E-state index contributed by atoms with van der Waals surface area (Å²) in [6.45, 7) is 6.55. The Kier molecular flexibility index (Phi) is 6.18. The smallest absolute Gasteiger partial charge is 0.296 e. The Bertz CT molecular complexity index is 1530. The van der Waals surface area contributed by atoms with E-state index in [0.29, 0.717) is 51.4 Å². The Hall–Kier alpha value is -3.84. The van der Waals surface area contributed by atoms with E-state index in [-0.39, 0.29) is 16.8 Å². The van der Waals surface area contributed by atoms with Gasteiger partial charge >= 0.3 is 0 Å². The van der Waals surface area contributed by atoms with E-state index in [2.05, 4.69) is 18.8 Å². The highest BCUT2D eigenvalue weighted by Gasteiger charge is 2.44. The van der Waals surface area contributed by atoms with Gasteiger partial charge in [-0.15, -0.1) is 0 Å². The van der Waals surface area contributed by atoms with Gasteiger partial charge in [-0.05, 0) is 54.8 Å². The summed E-state index contributed by atoms with van der Waals surface area (Å²) in [5, 5.41) is 0.851. The van der Waals surface area contributed by atoms with E-state index in [4.69, 9.17) is 25.5 Å². The molecule has 0 radical (unpaired) electrons. The first-order chi connectivity index (χ1) is 17.3. The maximum absolute atomic E-state index is 13.8. The lowest BCUT2D eigenvalue weighted by Crippen LogP contribution is -2.30. The van der Waals surface area contributed by atoms with Crippen molar-refractivity contribution in [3.8, 4) is 11.5 Å². The summed E-state index contributed by atoms with van der Waals surface area (Å²) in [6.07, 6.45) is 1.46. The van der Waals surface area contributed by atoms with Gasteiger partial charge in [-0.2, -0.15) is 0 Å². The van der Waals surface area contributed by atoms with E-state index in [1.165, 1.54) is 11.1 Å². The Morgan fingerprint density at radius 2 is 1.89 bits per heavy atom. The monoisotopic (exact) mass is 504 g/mol. The van der Waals surface area contributed by atoms with Crippen molar-refractivity contribution in [2.24, 2.45) is 5.92 Å². The molecule has 1 aliphatic rings. The fourth-order valence-corrected chi connectivity index (χ4v) is 4.49. The Morgan fingerprint density at radius 1 is 1.08 bits per heavy atom. The number of nitrogens with zero attached hydrogens (tertiary/aromatic N) is 2. The third-order valence-corrected chi connectivity index (χ3v) is 6.28. The van der Waals surface area contributed by atoms with Crippen molar-refractivity contribution in [3.63, 3.8) is 0 Å². The van der Waals surface area contributed by atoms with Crippen LogP contribution in [0.5, 0.6) is 11.5 Å². The fourth-order valence-electron chi connectivity index (χ4n) is 4.38. The van der Waals surface area contributed by atoms with E-state index in [0.717, 1.165) is 5.56 Å². The van der Waals surface area contributed by atoms with Gasteiger partial charge < -0.3 is 13.9 Å². The Morgan fingerprint density at radius 3 is 2.58 bits per heavy atom. The Labute approximate surface area is 213 Å². The summed E-state index contributed by atoms with van der Waals surface area (Å²) in [7, 11) is 1.55. The zero-order chi connectivity index (χ0) is 25.6. The maximum atomic E-state index is 13.8. The second kappa shape index (κ2) is 9.32. The number of hydrogen-bond acceptors (Lipinski definition) is 6. The number of pyridine rings is 1. The first kappa shape index (κ1) is 23.9. The van der Waals surface area contributed by atoms with Crippen molar-refractivity contribution in [2.45, 2.75) is 26.8 Å². The van der Waals surface area contributed by atoms with Crippen LogP contribution in [0.25, 0.3) is 11.0 Å². The number of aromatic nitrogens is 1. The zero-order valence-electron chi connectivity index (χ0n) is 20.4. The van der Waals surface area contributed by atoms with Crippen LogP contribution in [-0.4, -0.2) is 24.6 Å². The molecule has 0 saturated heterocycles. The van der Waals surface area contributed by atoms with Crippen molar-refractivity contribution in [1.82, 2.24) is 4.98 Å². The van der Waals surface area contributed by atoms with Crippen LogP contribution < -0.4 is 19.8 Å². The fraction of sp³-hybridized carbons (Fsp3) is 0.250. The number of rotatable bonds is 6. The predicted molar refractivity (Wildman–Crippen MR) is 138 cm³/mol. The normalized spacial score (nSPS) is 15.0. The van der Waals surface area contributed by atoms with Crippen LogP contribution >= 0.6 is 11.6 Å². The molecule has 0 bridgehead atoms. The van der Waals surface area contributed by atoms with Crippen LogP contribution in [0.3, 0.4) is 0 Å². The van der Waals surface area contributed by atoms with Gasteiger partial charge in [0.05, 0.1) is 35.7 Å². The lowest BCUT2D eigenvalue weighted by atomic mass is 9.97. The quantitative estimate of drug-likeness (QED) is 0.323. The van der Waals surface area contributed by atoms with E-state index in [1.54, 1.807) is 43.5 Å². The largest absolute Gasteiger partial charge is 0.493 e. The summed E-state index contributed by atoms with van der Waals surface area (Å²) in [5.41, 5.74) is 1.93. The minimum Gasteiger partial charge on any atom is -0.493 e. The molecule has 1 amide bonds. The predicted octanol–water partition coefficient (Wildman–Crippen LogP) is 5.94. The molecule has 1 aliphatic heterocycles. The number of benzene rings is 2. The van der Waals surface area contributed by atoms with Gasteiger partial charge in [0.25, 0.3) is 5.91 Å². The highest BCUT2D eigenvalue weighted by molar-refractivity contribution is 6.30. The standard InChI is InChI=1S/C28H25ClN2O5/c1-15(2)14-35-21-9-6-17(12-22(21)34-4)25-24-26(32)19-11-16(3)5-8-20(19)36-27(24)28(33)31(25)23-10-7-18(29)13-30-23/h5-13,15,25H,14H2,1-4H3. The number of methoxy groups -OCH3 is 1. The van der Waals surface area contributed by atoms with Gasteiger partial charge in [-0.25, -0.2) is 4.98 Å². The molecule has 36 heavy (non-hydrogen) atoms. The second-order valence-electron chi connectivity index (χ2n) is 9.20. The average Bonchev–Trinajstić information content (AvgIpc) is 3.16. The van der Waals surface area contributed by atoms with Crippen molar-refractivity contribution < 1.29 is 18.7 Å². The molecule has 0 N–H and O–H groups in total. The van der Waals surface area contributed by atoms with Crippen LogP contribution in [0.1, 0.15) is 47.1 Å². The van der Waals surface area contributed by atoms with Gasteiger partial charge in [0.2, 0.25) is 5.76 Å². The Balaban J connectivity index is 1.73. The van der Waals surface area contributed by atoms with Crippen LogP contribution in [0.15, 0.2) is 63.9 Å². The molecule has 2 aromatic heterocycles. The van der Waals surface area contributed by atoms with E-state index in [1.807, 2.05) is 19.1 Å². The van der Waals surface area contributed by atoms with Gasteiger partial charge in [0.1, 0.15) is 11.4 Å². The number of fused-ring (bicyclic) bond motifs is 2. The van der Waals surface area contributed by atoms with Gasteiger partial charge in [-0.1, -0.05) is 43.1 Å². The second-order valence-corrected chi connectivity index (χ2v) is 9.64. The highest BCUT2D eigenvalue weighted by Crippen LogP contribution is 2.43. The molecule has 1 unspecified atom stereocenters. The molecule has 4 aromatic rings. The van der Waals surface area contributed by atoms with Gasteiger partial charge in [-0.3, -0.25) is 14.5 Å². The lowest BCUT2D eigenvalue weighted by molar-refractivity contribution is 0.0970. The first-order valence-corrected chi connectivity index (χ1v) is 12.0. The van der Waals surface area contributed by atoms with Crippen LogP contribution in [0.4, 0.5) is 5.82 Å². The number of ether oxygens (including phenoxy) is 2. The van der Waals surface area contributed by atoms with Crippen molar-refractivity contribution in [2.75, 3.05) is 18.6 Å². The topological polar surface area (TPSA) is 81.9 Å². The third kappa shape index (κ3) is 4.09. The molecule has 7 nitrogen and oxygen atoms in total. The molecule has 5 rings (SSSR count). The molecule has 184 valence electrons. The summed E-state index contributed by atoms with van der Waals surface area (Å²) < 4.78 is 17.5. The van der Waals surface area contributed by atoms with E-state index < -0.39 is 11.9 Å². The van der Waals surface area contributed by atoms with E-state index >= 15 is 0 Å². The highest BCUT2D eigenvalue weighted by atomic mass is 35.5. The van der Waals surface area contributed by atoms with Crippen molar-refractivity contribution in [1.29, 1.82) is 0 Å². The molecule has 3 heterocycles. The van der Waals surface area contributed by atoms with Crippen LogP contribution in [0, 0.1) is 12.8 Å². The van der Waals surface area contributed by atoms with Crippen molar-refractivity contribution >= 4 is 34.3 Å². The van der Waals surface area contributed by atoms with Gasteiger partial charge in [0.15, 0.2) is 16.9 Å². The number of carbonyl (C=O) groups excluding carboxylic acids is 1. The third-order valence-electron chi connectivity index (χ3n) is 6.06. The minimum atomic E-state index is -0.782.